The molecule has 0 amide bonds. The molecule has 0 radical (unpaired) electrons. The first-order chi connectivity index (χ1) is 7.95. The number of hydrogen-bond donors (Lipinski definition) is 0. The molecular formula is C9H26O4Si4. The monoisotopic (exact) mass is 310 g/mol. The second kappa shape index (κ2) is 6.75. The van der Waals surface area contributed by atoms with Crippen LogP contribution in [0.2, 0.25) is 25.7 Å². The van der Waals surface area contributed by atoms with E-state index in [1.165, 1.54) is 0 Å². The van der Waals surface area contributed by atoms with Crippen molar-refractivity contribution in [2.75, 3.05) is 6.61 Å². The van der Waals surface area contributed by atoms with Gasteiger partial charge in [-0.25, -0.2) is 0 Å². The van der Waals surface area contributed by atoms with Crippen LogP contribution in [0.5, 0.6) is 0 Å². The lowest BCUT2D eigenvalue weighted by Crippen LogP contribution is -2.74. The van der Waals surface area contributed by atoms with E-state index in [4.69, 9.17) is 16.8 Å². The van der Waals surface area contributed by atoms with Gasteiger partial charge in [0.15, 0.2) is 9.04 Å². The topological polar surface area (TPSA) is 36.9 Å². The largest absolute Gasteiger partial charge is 0.476 e. The third-order valence-corrected chi connectivity index (χ3v) is 20.0. The molecule has 0 atom stereocenters. The van der Waals surface area contributed by atoms with Crippen LogP contribution in [0.4, 0.5) is 0 Å². The van der Waals surface area contributed by atoms with Gasteiger partial charge in [0, 0.05) is 6.61 Å². The molecule has 1 aliphatic heterocycles. The summed E-state index contributed by atoms with van der Waals surface area (Å²) in [5.74, 6) is 0. The van der Waals surface area contributed by atoms with Gasteiger partial charge in [0.05, 0.1) is 0 Å². The van der Waals surface area contributed by atoms with E-state index in [1.54, 1.807) is 0 Å². The molecule has 1 heterocycles. The molecule has 1 saturated heterocycles. The minimum absolute atomic E-state index is 0.749. The first kappa shape index (κ1) is 15.8. The molecule has 4 nitrogen and oxygen atoms in total. The van der Waals surface area contributed by atoms with Crippen LogP contribution in [-0.4, -0.2) is 41.8 Å². The van der Waals surface area contributed by atoms with E-state index < -0.39 is 35.2 Å². The lowest BCUT2D eigenvalue weighted by molar-refractivity contribution is 0.0999. The fourth-order valence-corrected chi connectivity index (χ4v) is 24.7. The summed E-state index contributed by atoms with van der Waals surface area (Å²) in [6, 6.07) is 1.07. The van der Waals surface area contributed by atoms with Gasteiger partial charge in [0.2, 0.25) is 9.28 Å². The van der Waals surface area contributed by atoms with Gasteiger partial charge in [-0.05, 0) is 32.1 Å². The minimum atomic E-state index is -2.29. The van der Waals surface area contributed by atoms with Crippen LogP contribution < -0.4 is 0 Å². The zero-order valence-electron chi connectivity index (χ0n) is 11.7. The molecular weight excluding hydrogens is 284 g/mol. The summed E-state index contributed by atoms with van der Waals surface area (Å²) >= 11 is 0. The molecule has 0 aliphatic carbocycles. The molecule has 1 fully saturated rings. The van der Waals surface area contributed by atoms with Gasteiger partial charge in [-0.15, -0.1) is 0 Å². The summed E-state index contributed by atoms with van der Waals surface area (Å²) < 4.78 is 24.2. The van der Waals surface area contributed by atoms with Crippen LogP contribution in [0.15, 0.2) is 0 Å². The van der Waals surface area contributed by atoms with Crippen molar-refractivity contribution < 1.29 is 16.8 Å². The van der Waals surface area contributed by atoms with Crippen LogP contribution in [0.25, 0.3) is 0 Å². The van der Waals surface area contributed by atoms with Crippen molar-refractivity contribution in [3.63, 3.8) is 0 Å². The molecule has 0 bridgehead atoms. The van der Waals surface area contributed by atoms with E-state index >= 15 is 0 Å². The van der Waals surface area contributed by atoms with E-state index in [0.29, 0.717) is 0 Å². The van der Waals surface area contributed by atoms with Crippen molar-refractivity contribution >= 4 is 35.2 Å². The molecule has 0 saturated carbocycles. The Balaban J connectivity index is 2.47. The van der Waals surface area contributed by atoms with E-state index in [2.05, 4.69) is 33.5 Å². The normalized spacial score (nSPS) is 33.5. The maximum atomic E-state index is 6.20. The predicted molar refractivity (Wildman–Crippen MR) is 79.4 cm³/mol. The Morgan fingerprint density at radius 1 is 1.18 bits per heavy atom. The van der Waals surface area contributed by atoms with Gasteiger partial charge in [0.1, 0.15) is 0 Å². The molecule has 0 spiro atoms. The molecule has 0 aromatic carbocycles. The van der Waals surface area contributed by atoms with Gasteiger partial charge >= 0.3 is 16.9 Å². The Bertz CT molecular complexity index is 233. The number of hydrogen-bond acceptors (Lipinski definition) is 4. The van der Waals surface area contributed by atoms with Crippen molar-refractivity contribution in [2.24, 2.45) is 0 Å². The molecule has 1 rings (SSSR count). The Morgan fingerprint density at radius 2 is 1.82 bits per heavy atom. The van der Waals surface area contributed by atoms with E-state index in [-0.39, 0.29) is 0 Å². The second-order valence-corrected chi connectivity index (χ2v) is 18.2. The highest BCUT2D eigenvalue weighted by atomic mass is 29.3. The van der Waals surface area contributed by atoms with Crippen molar-refractivity contribution in [2.45, 2.75) is 52.4 Å². The average molecular weight is 311 g/mol. The SMILES string of the molecule is CCCO[Si]1([SiH2]O[SiH](C)C)O[Si](C)(CCC)O1. The molecule has 102 valence electrons. The zero-order valence-corrected chi connectivity index (χ0v) is 16.3. The van der Waals surface area contributed by atoms with Crippen LogP contribution in [0.3, 0.4) is 0 Å². The van der Waals surface area contributed by atoms with Crippen LogP contribution >= 0.6 is 0 Å². The Hall–Kier alpha value is 0.708. The summed E-state index contributed by atoms with van der Waals surface area (Å²) in [6.07, 6.45) is 2.14. The van der Waals surface area contributed by atoms with Gasteiger partial charge < -0.3 is 16.8 Å². The molecule has 8 heteroatoms. The lowest BCUT2D eigenvalue weighted by atomic mass is 10.5. The first-order valence-corrected chi connectivity index (χ1v) is 16.5. The van der Waals surface area contributed by atoms with Gasteiger partial charge in [-0.1, -0.05) is 20.3 Å². The summed E-state index contributed by atoms with van der Waals surface area (Å²) in [4.78, 5) is 0. The second-order valence-electron chi connectivity index (χ2n) is 4.98. The standard InChI is InChI=1S/C9H26O4Si4/c1-6-8-10-17(14-11-15(3)4)12-16(5,13-17)9-7-2/h15H,6-9,14H2,1-5H3. The molecule has 0 N–H and O–H groups in total. The predicted octanol–water partition coefficient (Wildman–Crippen LogP) is 1.46. The average Bonchev–Trinajstić information content (AvgIpc) is 2.21. The minimum Gasteiger partial charge on any atom is -0.459 e. The van der Waals surface area contributed by atoms with Gasteiger partial charge in [0.25, 0.3) is 0 Å². The molecule has 17 heavy (non-hydrogen) atoms. The smallest absolute Gasteiger partial charge is 0.459 e. The zero-order chi connectivity index (χ0) is 12.9. The molecule has 1 aliphatic rings. The highest BCUT2D eigenvalue weighted by Gasteiger charge is 2.62. The van der Waals surface area contributed by atoms with Gasteiger partial charge in [-0.2, -0.15) is 0 Å². The lowest BCUT2D eigenvalue weighted by Gasteiger charge is -2.50. The first-order valence-electron chi connectivity index (χ1n) is 6.61. The van der Waals surface area contributed by atoms with Crippen LogP contribution in [-0.2, 0) is 16.8 Å². The van der Waals surface area contributed by atoms with Crippen molar-refractivity contribution in [1.29, 1.82) is 0 Å². The summed E-state index contributed by atoms with van der Waals surface area (Å²) in [7, 11) is -5.87. The quantitative estimate of drug-likeness (QED) is 0.636. The summed E-state index contributed by atoms with van der Waals surface area (Å²) in [5, 5.41) is 0. The highest BCUT2D eigenvalue weighted by Crippen LogP contribution is 2.34. The molecule has 0 aromatic heterocycles. The van der Waals surface area contributed by atoms with Crippen molar-refractivity contribution in [1.82, 2.24) is 0 Å². The molecule has 0 aromatic rings. The third-order valence-electron chi connectivity index (χ3n) is 2.57. The maximum absolute atomic E-state index is 6.20. The summed E-state index contributed by atoms with van der Waals surface area (Å²) in [5.41, 5.74) is 0. The fourth-order valence-electron chi connectivity index (χ4n) is 1.91. The Kier molecular flexibility index (Phi) is 6.26. The summed E-state index contributed by atoms with van der Waals surface area (Å²) in [6.45, 7) is 11.6. The third kappa shape index (κ3) is 4.71. The highest BCUT2D eigenvalue weighted by molar-refractivity contribution is 7.21. The fraction of sp³-hybridized carbons (Fsp3) is 1.00. The van der Waals surface area contributed by atoms with Gasteiger partial charge in [-0.3, -0.25) is 0 Å². The van der Waals surface area contributed by atoms with Crippen molar-refractivity contribution in [3.05, 3.63) is 0 Å². The Morgan fingerprint density at radius 3 is 2.29 bits per heavy atom. The van der Waals surface area contributed by atoms with Crippen LogP contribution in [0.1, 0.15) is 26.7 Å². The van der Waals surface area contributed by atoms with E-state index in [1.807, 2.05) is 0 Å². The van der Waals surface area contributed by atoms with E-state index in [9.17, 15) is 0 Å². The van der Waals surface area contributed by atoms with E-state index in [0.717, 1.165) is 25.5 Å². The number of rotatable bonds is 8. The van der Waals surface area contributed by atoms with Crippen molar-refractivity contribution in [3.8, 4) is 0 Å². The Labute approximate surface area is 111 Å². The molecule has 0 unspecified atom stereocenters. The maximum Gasteiger partial charge on any atom is 0.476 e. The van der Waals surface area contributed by atoms with Crippen LogP contribution in [0, 0.1) is 0 Å².